The number of ether oxygens (including phenoxy) is 1. The average Bonchev–Trinajstić information content (AvgIpc) is 2.94. The zero-order valence-electron chi connectivity index (χ0n) is 14.5. The van der Waals surface area contributed by atoms with Crippen LogP contribution in [-0.4, -0.2) is 14.5 Å². The van der Waals surface area contributed by atoms with Crippen molar-refractivity contribution in [3.05, 3.63) is 63.2 Å². The first-order chi connectivity index (χ1) is 12.2. The zero-order chi connectivity index (χ0) is 19.1. The maximum atomic E-state index is 14.2. The molecule has 0 radical (unpaired) electrons. The highest BCUT2D eigenvalue weighted by molar-refractivity contribution is 6.31. The number of hydrogen-bond donors (Lipinski definition) is 0. The summed E-state index contributed by atoms with van der Waals surface area (Å²) in [7, 11) is 0. The Morgan fingerprint density at radius 2 is 2.04 bits per heavy atom. The number of nitrogens with zero attached hydrogens (tertiary/aromatic N) is 3. The van der Waals surface area contributed by atoms with Gasteiger partial charge in [-0.25, -0.2) is 9.37 Å². The third-order valence-electron chi connectivity index (χ3n) is 4.06. The van der Waals surface area contributed by atoms with E-state index in [1.807, 2.05) is 17.6 Å². The fourth-order valence-corrected chi connectivity index (χ4v) is 3.06. The molecule has 2 aromatic carbocycles. The molecular weight excluding hydrogens is 361 g/mol. The molecular formula is C18H17ClFN3O3. The van der Waals surface area contributed by atoms with Crippen molar-refractivity contribution >= 4 is 28.3 Å². The molecule has 0 atom stereocenters. The first-order valence-corrected chi connectivity index (χ1v) is 8.40. The predicted octanol–water partition coefficient (Wildman–Crippen LogP) is 5.07. The van der Waals surface area contributed by atoms with Crippen LogP contribution in [0.2, 0.25) is 5.02 Å². The second kappa shape index (κ2) is 6.57. The summed E-state index contributed by atoms with van der Waals surface area (Å²) in [4.78, 5) is 14.7. The van der Waals surface area contributed by atoms with Crippen molar-refractivity contribution in [2.75, 3.05) is 0 Å². The lowest BCUT2D eigenvalue weighted by atomic mass is 10.1. The second-order valence-corrected chi connectivity index (χ2v) is 6.73. The monoisotopic (exact) mass is 377 g/mol. The van der Waals surface area contributed by atoms with E-state index in [-0.39, 0.29) is 11.4 Å². The summed E-state index contributed by atoms with van der Waals surface area (Å²) in [5, 5.41) is 11.3. The number of nitro groups is 1. The summed E-state index contributed by atoms with van der Waals surface area (Å²) >= 11 is 6.04. The second-order valence-electron chi connectivity index (χ2n) is 6.30. The third kappa shape index (κ3) is 3.22. The lowest BCUT2D eigenvalue weighted by Gasteiger charge is -2.26. The van der Waals surface area contributed by atoms with E-state index in [1.54, 1.807) is 26.0 Å². The quantitative estimate of drug-likeness (QED) is 0.459. The van der Waals surface area contributed by atoms with Crippen LogP contribution >= 0.6 is 11.6 Å². The summed E-state index contributed by atoms with van der Waals surface area (Å²) in [5.41, 5.74) is 0.310. The van der Waals surface area contributed by atoms with Gasteiger partial charge in [0.25, 0.3) is 5.69 Å². The van der Waals surface area contributed by atoms with Crippen molar-refractivity contribution < 1.29 is 14.1 Å². The van der Waals surface area contributed by atoms with Crippen LogP contribution in [0.5, 0.6) is 5.75 Å². The van der Waals surface area contributed by atoms with Gasteiger partial charge in [0.2, 0.25) is 0 Å². The zero-order valence-corrected chi connectivity index (χ0v) is 15.2. The number of imidazole rings is 1. The Morgan fingerprint density at radius 1 is 1.31 bits per heavy atom. The predicted molar refractivity (Wildman–Crippen MR) is 97.1 cm³/mol. The Hall–Kier alpha value is -2.67. The number of halogens is 2. The Labute approximate surface area is 154 Å². The summed E-state index contributed by atoms with van der Waals surface area (Å²) in [5.74, 6) is -0.266. The number of non-ortho nitro benzene ring substituents is 1. The van der Waals surface area contributed by atoms with Gasteiger partial charge in [-0.3, -0.25) is 10.1 Å². The number of nitro benzene ring substituents is 1. The van der Waals surface area contributed by atoms with Gasteiger partial charge < -0.3 is 9.30 Å². The topological polar surface area (TPSA) is 70.2 Å². The lowest BCUT2D eigenvalue weighted by molar-refractivity contribution is -0.385. The molecule has 0 aliphatic rings. The molecule has 0 fully saturated rings. The molecule has 0 aliphatic carbocycles. The van der Waals surface area contributed by atoms with Crippen LogP contribution in [0.25, 0.3) is 11.0 Å². The number of hydrogen-bond acceptors (Lipinski definition) is 4. The Kier molecular flexibility index (Phi) is 4.58. The van der Waals surface area contributed by atoms with Crippen LogP contribution in [0.15, 0.2) is 36.4 Å². The first-order valence-electron chi connectivity index (χ1n) is 8.02. The molecule has 8 heteroatoms. The van der Waals surface area contributed by atoms with E-state index in [1.165, 1.54) is 12.1 Å². The molecule has 6 nitrogen and oxygen atoms in total. The maximum absolute atomic E-state index is 14.2. The summed E-state index contributed by atoms with van der Waals surface area (Å²) < 4.78 is 22.0. The van der Waals surface area contributed by atoms with Crippen LogP contribution in [0.4, 0.5) is 10.1 Å². The Bertz CT molecular complexity index is 1000. The molecule has 3 rings (SSSR count). The van der Waals surface area contributed by atoms with Gasteiger partial charge in [0, 0.05) is 17.6 Å². The third-order valence-corrected chi connectivity index (χ3v) is 4.29. The number of rotatable bonds is 5. The van der Waals surface area contributed by atoms with E-state index in [9.17, 15) is 14.5 Å². The van der Waals surface area contributed by atoms with Crippen molar-refractivity contribution in [2.45, 2.75) is 32.9 Å². The molecule has 0 saturated carbocycles. The smallest absolute Gasteiger partial charge is 0.272 e. The van der Waals surface area contributed by atoms with Crippen LogP contribution in [0.1, 0.15) is 26.6 Å². The fourth-order valence-electron chi connectivity index (χ4n) is 2.89. The molecule has 26 heavy (non-hydrogen) atoms. The molecule has 0 saturated heterocycles. The van der Waals surface area contributed by atoms with E-state index in [0.29, 0.717) is 17.4 Å². The van der Waals surface area contributed by atoms with Gasteiger partial charge in [0.05, 0.1) is 22.0 Å². The Balaban J connectivity index is 2.03. The van der Waals surface area contributed by atoms with Gasteiger partial charge in [0.15, 0.2) is 23.0 Å². The number of aryl methyl sites for hydroxylation is 1. The highest BCUT2D eigenvalue weighted by Gasteiger charge is 2.31. The van der Waals surface area contributed by atoms with Crippen molar-refractivity contribution in [1.29, 1.82) is 0 Å². The van der Waals surface area contributed by atoms with Crippen molar-refractivity contribution in [2.24, 2.45) is 0 Å². The fraction of sp³-hybridized carbons (Fsp3) is 0.278. The van der Waals surface area contributed by atoms with Crippen molar-refractivity contribution in [1.82, 2.24) is 9.55 Å². The van der Waals surface area contributed by atoms with Gasteiger partial charge in [-0.1, -0.05) is 11.6 Å². The number of benzene rings is 2. The molecule has 0 bridgehead atoms. The van der Waals surface area contributed by atoms with E-state index < -0.39 is 16.3 Å². The molecule has 0 unspecified atom stereocenters. The SMILES string of the molecule is CCn1c(C(C)(C)Oc2ccc([N+](=O)[O-])cc2F)nc2cc(Cl)ccc21. The normalized spacial score (nSPS) is 11.7. The van der Waals surface area contributed by atoms with Gasteiger partial charge >= 0.3 is 0 Å². The molecule has 1 heterocycles. The lowest BCUT2D eigenvalue weighted by Crippen LogP contribution is -2.30. The summed E-state index contributed by atoms with van der Waals surface area (Å²) in [6, 6.07) is 8.72. The summed E-state index contributed by atoms with van der Waals surface area (Å²) in [6.45, 7) is 6.15. The number of fused-ring (bicyclic) bond motifs is 1. The highest BCUT2D eigenvalue weighted by atomic mass is 35.5. The van der Waals surface area contributed by atoms with E-state index in [0.717, 1.165) is 17.1 Å². The summed E-state index contributed by atoms with van der Waals surface area (Å²) in [6.07, 6.45) is 0. The highest BCUT2D eigenvalue weighted by Crippen LogP contribution is 2.33. The molecule has 0 amide bonds. The average molecular weight is 378 g/mol. The molecule has 1 aromatic heterocycles. The largest absolute Gasteiger partial charge is 0.477 e. The molecule has 0 spiro atoms. The maximum Gasteiger partial charge on any atom is 0.272 e. The number of aromatic nitrogens is 2. The van der Waals surface area contributed by atoms with Crippen LogP contribution < -0.4 is 4.74 Å². The van der Waals surface area contributed by atoms with Gasteiger partial charge in [-0.15, -0.1) is 0 Å². The minimum Gasteiger partial charge on any atom is -0.477 e. The van der Waals surface area contributed by atoms with Crippen molar-refractivity contribution in [3.63, 3.8) is 0 Å². The van der Waals surface area contributed by atoms with Gasteiger partial charge in [-0.05, 0) is 45.0 Å². The molecule has 3 aromatic rings. The van der Waals surface area contributed by atoms with Crippen LogP contribution in [0.3, 0.4) is 0 Å². The molecule has 136 valence electrons. The minimum atomic E-state index is -0.974. The molecule has 0 aliphatic heterocycles. The molecule has 0 N–H and O–H groups in total. The van der Waals surface area contributed by atoms with E-state index in [4.69, 9.17) is 16.3 Å². The van der Waals surface area contributed by atoms with Crippen LogP contribution in [-0.2, 0) is 12.1 Å². The van der Waals surface area contributed by atoms with Crippen LogP contribution in [0, 0.1) is 15.9 Å². The Morgan fingerprint density at radius 3 is 2.65 bits per heavy atom. The first kappa shape index (κ1) is 18.1. The minimum absolute atomic E-state index is 0.0756. The van der Waals surface area contributed by atoms with Crippen molar-refractivity contribution in [3.8, 4) is 5.75 Å². The van der Waals surface area contributed by atoms with Gasteiger partial charge in [-0.2, -0.15) is 0 Å². The van der Waals surface area contributed by atoms with E-state index >= 15 is 0 Å². The standard InChI is InChI=1S/C18H17ClFN3O3/c1-4-22-15-7-5-11(19)9-14(15)21-17(22)18(2,3)26-16-8-6-12(23(24)25)10-13(16)20/h5-10H,4H2,1-3H3. The van der Waals surface area contributed by atoms with Gasteiger partial charge in [0.1, 0.15) is 0 Å². The van der Waals surface area contributed by atoms with E-state index in [2.05, 4.69) is 4.98 Å².